The van der Waals surface area contributed by atoms with Gasteiger partial charge in [-0.3, -0.25) is 10.8 Å². The van der Waals surface area contributed by atoms with Crippen molar-refractivity contribution in [1.82, 2.24) is 10.4 Å². The first-order valence-electron chi connectivity index (χ1n) is 4.66. The zero-order valence-electron chi connectivity index (χ0n) is 9.23. The molecule has 0 radical (unpaired) electrons. The van der Waals surface area contributed by atoms with Gasteiger partial charge in [-0.1, -0.05) is 6.07 Å². The molecule has 3 N–H and O–H groups in total. The van der Waals surface area contributed by atoms with Crippen LogP contribution in [0.1, 0.15) is 17.2 Å². The van der Waals surface area contributed by atoms with Gasteiger partial charge >= 0.3 is 0 Å². The standard InChI is InChI=1S/C10H17N3O2/c1-7-4-8(6-12-5-7)9(13-11)10(14-2)15-3/h4-6,9-10,13H,11H2,1-3H3. The second kappa shape index (κ2) is 5.77. The Morgan fingerprint density at radius 1 is 1.33 bits per heavy atom. The van der Waals surface area contributed by atoms with E-state index in [4.69, 9.17) is 15.3 Å². The molecule has 1 aromatic rings. The van der Waals surface area contributed by atoms with Gasteiger partial charge in [0.2, 0.25) is 0 Å². The number of nitrogens with zero attached hydrogens (tertiary/aromatic N) is 1. The van der Waals surface area contributed by atoms with Crippen molar-refractivity contribution in [2.45, 2.75) is 19.3 Å². The first-order valence-corrected chi connectivity index (χ1v) is 4.66. The van der Waals surface area contributed by atoms with Gasteiger partial charge in [0.25, 0.3) is 0 Å². The minimum Gasteiger partial charge on any atom is -0.354 e. The summed E-state index contributed by atoms with van der Waals surface area (Å²) < 4.78 is 10.3. The fraction of sp³-hybridized carbons (Fsp3) is 0.500. The number of hydrazine groups is 1. The molecule has 0 fully saturated rings. The first kappa shape index (κ1) is 12.1. The van der Waals surface area contributed by atoms with E-state index in [0.717, 1.165) is 11.1 Å². The average Bonchev–Trinajstić information content (AvgIpc) is 2.25. The van der Waals surface area contributed by atoms with Crippen molar-refractivity contribution in [3.8, 4) is 0 Å². The lowest BCUT2D eigenvalue weighted by Crippen LogP contribution is -2.38. The number of aryl methyl sites for hydroxylation is 1. The highest BCUT2D eigenvalue weighted by Gasteiger charge is 2.21. The maximum Gasteiger partial charge on any atom is 0.177 e. The lowest BCUT2D eigenvalue weighted by Gasteiger charge is -2.24. The fourth-order valence-corrected chi connectivity index (χ4v) is 1.45. The molecule has 5 heteroatoms. The molecular weight excluding hydrogens is 194 g/mol. The number of nitrogens with two attached hydrogens (primary N) is 1. The summed E-state index contributed by atoms with van der Waals surface area (Å²) in [5.74, 6) is 5.47. The first-order chi connectivity index (χ1) is 7.22. The van der Waals surface area contributed by atoms with E-state index in [1.807, 2.05) is 13.0 Å². The van der Waals surface area contributed by atoms with Crippen LogP contribution < -0.4 is 11.3 Å². The molecule has 0 amide bonds. The van der Waals surface area contributed by atoms with E-state index in [2.05, 4.69) is 10.4 Å². The predicted molar refractivity (Wildman–Crippen MR) is 56.8 cm³/mol. The zero-order chi connectivity index (χ0) is 11.3. The van der Waals surface area contributed by atoms with Gasteiger partial charge in [-0.05, 0) is 18.1 Å². The molecule has 0 aromatic carbocycles. The molecule has 1 rings (SSSR count). The molecule has 0 aliphatic rings. The molecule has 0 saturated heterocycles. The number of hydrogen-bond acceptors (Lipinski definition) is 5. The van der Waals surface area contributed by atoms with E-state index in [1.54, 1.807) is 26.6 Å². The van der Waals surface area contributed by atoms with E-state index in [-0.39, 0.29) is 6.04 Å². The lowest BCUT2D eigenvalue weighted by atomic mass is 10.1. The number of rotatable bonds is 5. The number of ether oxygens (including phenoxy) is 2. The van der Waals surface area contributed by atoms with Crippen molar-refractivity contribution in [2.75, 3.05) is 14.2 Å². The highest BCUT2D eigenvalue weighted by molar-refractivity contribution is 5.20. The number of hydrogen-bond donors (Lipinski definition) is 2. The third kappa shape index (κ3) is 2.97. The van der Waals surface area contributed by atoms with E-state index in [1.165, 1.54) is 0 Å². The van der Waals surface area contributed by atoms with Crippen LogP contribution in [-0.4, -0.2) is 25.5 Å². The number of pyridine rings is 1. The number of nitrogens with one attached hydrogen (secondary N) is 1. The van der Waals surface area contributed by atoms with Crippen LogP contribution in [0.4, 0.5) is 0 Å². The van der Waals surface area contributed by atoms with Crippen LogP contribution in [-0.2, 0) is 9.47 Å². The Labute approximate surface area is 89.6 Å². The molecule has 0 saturated carbocycles. The normalized spacial score (nSPS) is 13.1. The van der Waals surface area contributed by atoms with E-state index in [0.29, 0.717) is 0 Å². The second-order valence-corrected chi connectivity index (χ2v) is 3.28. The van der Waals surface area contributed by atoms with Crippen LogP contribution >= 0.6 is 0 Å². The number of aromatic nitrogens is 1. The minimum absolute atomic E-state index is 0.229. The maximum absolute atomic E-state index is 5.47. The van der Waals surface area contributed by atoms with Crippen molar-refractivity contribution in [3.63, 3.8) is 0 Å². The molecule has 5 nitrogen and oxygen atoms in total. The van der Waals surface area contributed by atoms with E-state index >= 15 is 0 Å². The Morgan fingerprint density at radius 3 is 2.47 bits per heavy atom. The van der Waals surface area contributed by atoms with Crippen LogP contribution in [0.2, 0.25) is 0 Å². The highest BCUT2D eigenvalue weighted by atomic mass is 16.7. The monoisotopic (exact) mass is 211 g/mol. The zero-order valence-corrected chi connectivity index (χ0v) is 9.23. The van der Waals surface area contributed by atoms with Gasteiger partial charge < -0.3 is 9.47 Å². The van der Waals surface area contributed by atoms with Crippen molar-refractivity contribution in [3.05, 3.63) is 29.6 Å². The molecule has 1 unspecified atom stereocenters. The van der Waals surface area contributed by atoms with Gasteiger partial charge in [0.15, 0.2) is 6.29 Å². The Morgan fingerprint density at radius 2 is 2.00 bits per heavy atom. The van der Waals surface area contributed by atoms with Gasteiger partial charge in [-0.25, -0.2) is 5.43 Å². The predicted octanol–water partition coefficient (Wildman–Crippen LogP) is 0.513. The quantitative estimate of drug-likeness (QED) is 0.422. The summed E-state index contributed by atoms with van der Waals surface area (Å²) in [6.45, 7) is 1.97. The van der Waals surface area contributed by atoms with Gasteiger partial charge in [-0.2, -0.15) is 0 Å². The highest BCUT2D eigenvalue weighted by Crippen LogP contribution is 2.18. The molecule has 1 atom stereocenters. The smallest absolute Gasteiger partial charge is 0.177 e. The maximum atomic E-state index is 5.47. The van der Waals surface area contributed by atoms with Gasteiger partial charge in [0, 0.05) is 26.6 Å². The number of methoxy groups -OCH3 is 2. The molecule has 1 heterocycles. The Balaban J connectivity index is 2.90. The average molecular weight is 211 g/mol. The SMILES string of the molecule is COC(OC)C(NN)c1cncc(C)c1. The van der Waals surface area contributed by atoms with Crippen LogP contribution in [0.15, 0.2) is 18.5 Å². The van der Waals surface area contributed by atoms with Crippen LogP contribution in [0.25, 0.3) is 0 Å². The summed E-state index contributed by atoms with van der Waals surface area (Å²) in [5, 5.41) is 0. The largest absolute Gasteiger partial charge is 0.354 e. The van der Waals surface area contributed by atoms with Gasteiger partial charge in [-0.15, -0.1) is 0 Å². The summed E-state index contributed by atoms with van der Waals surface area (Å²) in [6, 6.07) is 1.76. The summed E-state index contributed by atoms with van der Waals surface area (Å²) in [7, 11) is 3.14. The molecule has 0 aliphatic heterocycles. The molecule has 15 heavy (non-hydrogen) atoms. The van der Waals surface area contributed by atoms with Gasteiger partial charge in [0.1, 0.15) is 0 Å². The van der Waals surface area contributed by atoms with Crippen molar-refractivity contribution < 1.29 is 9.47 Å². The van der Waals surface area contributed by atoms with Crippen LogP contribution in [0.3, 0.4) is 0 Å². The molecule has 0 aliphatic carbocycles. The second-order valence-electron chi connectivity index (χ2n) is 3.28. The Kier molecular flexibility index (Phi) is 4.64. The molecule has 1 aromatic heterocycles. The minimum atomic E-state index is -0.432. The molecule has 84 valence electrons. The third-order valence-corrected chi connectivity index (χ3v) is 2.17. The van der Waals surface area contributed by atoms with Crippen molar-refractivity contribution in [2.24, 2.45) is 5.84 Å². The summed E-state index contributed by atoms with van der Waals surface area (Å²) in [6.07, 6.45) is 3.09. The van der Waals surface area contributed by atoms with E-state index in [9.17, 15) is 0 Å². The summed E-state index contributed by atoms with van der Waals surface area (Å²) >= 11 is 0. The lowest BCUT2D eigenvalue weighted by molar-refractivity contribution is -0.124. The third-order valence-electron chi connectivity index (χ3n) is 2.17. The van der Waals surface area contributed by atoms with E-state index < -0.39 is 6.29 Å². The Hall–Kier alpha value is -1.01. The van der Waals surface area contributed by atoms with Crippen molar-refractivity contribution in [1.29, 1.82) is 0 Å². The summed E-state index contributed by atoms with van der Waals surface area (Å²) in [4.78, 5) is 4.10. The van der Waals surface area contributed by atoms with Crippen LogP contribution in [0.5, 0.6) is 0 Å². The molecule has 0 spiro atoms. The fourth-order valence-electron chi connectivity index (χ4n) is 1.45. The Bertz CT molecular complexity index is 302. The molecular formula is C10H17N3O2. The van der Waals surface area contributed by atoms with Crippen molar-refractivity contribution >= 4 is 0 Å². The van der Waals surface area contributed by atoms with Crippen LogP contribution in [0, 0.1) is 6.92 Å². The topological polar surface area (TPSA) is 69.4 Å². The van der Waals surface area contributed by atoms with Gasteiger partial charge in [0.05, 0.1) is 6.04 Å². The molecule has 0 bridgehead atoms. The summed E-state index contributed by atoms with van der Waals surface area (Å²) in [5.41, 5.74) is 4.66.